The summed E-state index contributed by atoms with van der Waals surface area (Å²) in [4.78, 5) is 28.5. The highest BCUT2D eigenvalue weighted by Crippen LogP contribution is 2.22. The quantitative estimate of drug-likeness (QED) is 0.734. The van der Waals surface area contributed by atoms with Crippen molar-refractivity contribution in [2.45, 2.75) is 40.5 Å². The highest BCUT2D eigenvalue weighted by molar-refractivity contribution is 8.23. The molecule has 2 amide bonds. The highest BCUT2D eigenvalue weighted by Gasteiger charge is 2.21. The third kappa shape index (κ3) is 6.48. The zero-order chi connectivity index (χ0) is 20.8. The van der Waals surface area contributed by atoms with Gasteiger partial charge in [0.15, 0.2) is 0 Å². The molecule has 0 bridgehead atoms. The van der Waals surface area contributed by atoms with E-state index in [2.05, 4.69) is 17.1 Å². The molecule has 1 aliphatic heterocycles. The minimum atomic E-state index is -0.191. The van der Waals surface area contributed by atoms with E-state index in [1.807, 2.05) is 32.9 Å². The van der Waals surface area contributed by atoms with E-state index in [4.69, 9.17) is 12.2 Å². The molecule has 1 N–H and O–H groups in total. The van der Waals surface area contributed by atoms with Gasteiger partial charge in [-0.1, -0.05) is 48.6 Å². The van der Waals surface area contributed by atoms with Gasteiger partial charge in [-0.25, -0.2) is 0 Å². The van der Waals surface area contributed by atoms with Crippen molar-refractivity contribution in [3.8, 4) is 0 Å². The molecule has 28 heavy (non-hydrogen) atoms. The Morgan fingerprint density at radius 3 is 2.54 bits per heavy atom. The van der Waals surface area contributed by atoms with Gasteiger partial charge in [-0.2, -0.15) is 0 Å². The van der Waals surface area contributed by atoms with Crippen LogP contribution in [0.2, 0.25) is 0 Å². The third-order valence-electron chi connectivity index (χ3n) is 4.98. The van der Waals surface area contributed by atoms with Gasteiger partial charge in [0, 0.05) is 25.8 Å². The number of nitrogens with one attached hydrogen (secondary N) is 1. The number of likely N-dealkylation sites (tertiary alicyclic amines) is 1. The Labute approximate surface area is 178 Å². The molecule has 2 rings (SSSR count). The van der Waals surface area contributed by atoms with Gasteiger partial charge in [-0.15, -0.1) is 0 Å². The van der Waals surface area contributed by atoms with Crippen LogP contribution >= 0.6 is 24.0 Å². The van der Waals surface area contributed by atoms with Crippen molar-refractivity contribution in [2.24, 2.45) is 5.92 Å². The van der Waals surface area contributed by atoms with Gasteiger partial charge in [0.05, 0.1) is 12.3 Å². The molecule has 1 heterocycles. The molecule has 1 atom stereocenters. The van der Waals surface area contributed by atoms with Crippen LogP contribution in [0.1, 0.15) is 36.5 Å². The molecular weight excluding hydrogens is 390 g/mol. The summed E-state index contributed by atoms with van der Waals surface area (Å²) in [6.07, 6.45) is 2.38. The number of benzene rings is 1. The SMILES string of the molecule is Cc1cc(C)c(NC(=O)CN(C)C(=O)CSC(=S)N2CCC[C@@H](C)C2)c(C)c1. The van der Waals surface area contributed by atoms with Crippen molar-refractivity contribution >= 4 is 45.8 Å². The molecule has 7 heteroatoms. The maximum absolute atomic E-state index is 12.4. The van der Waals surface area contributed by atoms with Crippen molar-refractivity contribution in [1.29, 1.82) is 0 Å². The van der Waals surface area contributed by atoms with Crippen molar-refractivity contribution in [2.75, 3.05) is 37.8 Å². The fraction of sp³-hybridized carbons (Fsp3) is 0.571. The molecular formula is C21H31N3O2S2. The lowest BCUT2D eigenvalue weighted by molar-refractivity contribution is -0.131. The minimum absolute atomic E-state index is 0.0274. The molecule has 1 aromatic carbocycles. The van der Waals surface area contributed by atoms with Gasteiger partial charge in [0.2, 0.25) is 11.8 Å². The van der Waals surface area contributed by atoms with E-state index in [1.54, 1.807) is 7.05 Å². The Hall–Kier alpha value is -1.60. The van der Waals surface area contributed by atoms with Crippen molar-refractivity contribution in [3.63, 3.8) is 0 Å². The van der Waals surface area contributed by atoms with E-state index in [0.717, 1.165) is 46.2 Å². The fourth-order valence-electron chi connectivity index (χ4n) is 3.54. The second-order valence-corrected chi connectivity index (χ2v) is 9.43. The number of hydrogen-bond donors (Lipinski definition) is 1. The Kier molecular flexibility index (Phi) is 8.31. The molecule has 0 aliphatic carbocycles. The van der Waals surface area contributed by atoms with Gasteiger partial charge in [-0.05, 0) is 50.7 Å². The third-order valence-corrected chi connectivity index (χ3v) is 6.49. The highest BCUT2D eigenvalue weighted by atomic mass is 32.2. The van der Waals surface area contributed by atoms with Crippen LogP contribution in [0.15, 0.2) is 12.1 Å². The van der Waals surface area contributed by atoms with E-state index in [9.17, 15) is 9.59 Å². The Bertz CT molecular complexity index is 728. The summed E-state index contributed by atoms with van der Waals surface area (Å²) < 4.78 is 0.781. The summed E-state index contributed by atoms with van der Waals surface area (Å²) in [6.45, 7) is 10.2. The van der Waals surface area contributed by atoms with Crippen LogP contribution in [0.3, 0.4) is 0 Å². The molecule has 0 radical (unpaired) electrons. The van der Waals surface area contributed by atoms with Crippen LogP contribution in [-0.4, -0.2) is 58.4 Å². The number of rotatable bonds is 5. The molecule has 5 nitrogen and oxygen atoms in total. The average Bonchev–Trinajstić information content (AvgIpc) is 2.62. The molecule has 1 fully saturated rings. The summed E-state index contributed by atoms with van der Waals surface area (Å²) in [5, 5.41) is 2.94. The molecule has 0 unspecified atom stereocenters. The predicted molar refractivity (Wildman–Crippen MR) is 122 cm³/mol. The van der Waals surface area contributed by atoms with Crippen LogP contribution in [0, 0.1) is 26.7 Å². The maximum Gasteiger partial charge on any atom is 0.243 e. The lowest BCUT2D eigenvalue weighted by atomic mass is 10.0. The van der Waals surface area contributed by atoms with Crippen molar-refractivity contribution < 1.29 is 9.59 Å². The summed E-state index contributed by atoms with van der Waals surface area (Å²) >= 11 is 6.88. The number of nitrogens with zero attached hydrogens (tertiary/aromatic N) is 2. The van der Waals surface area contributed by atoms with Gasteiger partial charge in [-0.3, -0.25) is 9.59 Å². The van der Waals surface area contributed by atoms with Crippen LogP contribution < -0.4 is 5.32 Å². The van der Waals surface area contributed by atoms with Gasteiger partial charge in [0.1, 0.15) is 4.32 Å². The van der Waals surface area contributed by atoms with Gasteiger partial charge >= 0.3 is 0 Å². The van der Waals surface area contributed by atoms with E-state index in [1.165, 1.54) is 23.1 Å². The zero-order valence-electron chi connectivity index (χ0n) is 17.5. The summed E-state index contributed by atoms with van der Waals surface area (Å²) in [6, 6.07) is 4.08. The molecule has 0 spiro atoms. The first-order valence-electron chi connectivity index (χ1n) is 9.70. The predicted octanol–water partition coefficient (Wildman–Crippen LogP) is 3.76. The lowest BCUT2D eigenvalue weighted by Crippen LogP contribution is -2.39. The largest absolute Gasteiger partial charge is 0.357 e. The number of carbonyl (C=O) groups is 2. The molecule has 154 valence electrons. The standard InChI is InChI=1S/C21H31N3O2S2/c1-14-7-6-8-24(11-14)21(27)28-13-19(26)23(5)12-18(25)22-20-16(3)9-15(2)10-17(20)4/h9-10,14H,6-8,11-13H2,1-5H3,(H,22,25)/t14-/m1/s1. The average molecular weight is 422 g/mol. The first-order valence-corrected chi connectivity index (χ1v) is 11.1. The zero-order valence-corrected chi connectivity index (χ0v) is 19.1. The first-order chi connectivity index (χ1) is 13.2. The Morgan fingerprint density at radius 2 is 1.93 bits per heavy atom. The number of hydrogen-bond acceptors (Lipinski definition) is 4. The monoisotopic (exact) mass is 421 g/mol. The second kappa shape index (κ2) is 10.3. The fourth-order valence-corrected chi connectivity index (χ4v) is 4.70. The number of carbonyl (C=O) groups excluding carboxylic acids is 2. The topological polar surface area (TPSA) is 52.7 Å². The Morgan fingerprint density at radius 1 is 1.29 bits per heavy atom. The number of aryl methyl sites for hydroxylation is 3. The van der Waals surface area contributed by atoms with E-state index in [0.29, 0.717) is 5.92 Å². The van der Waals surface area contributed by atoms with E-state index in [-0.39, 0.29) is 24.1 Å². The number of thiocarbonyl (C=S) groups is 1. The molecule has 1 aliphatic rings. The summed E-state index contributed by atoms with van der Waals surface area (Å²) in [5.74, 6) is 0.618. The summed E-state index contributed by atoms with van der Waals surface area (Å²) in [5.41, 5.74) is 4.04. The van der Waals surface area contributed by atoms with Gasteiger partial charge in [0.25, 0.3) is 0 Å². The number of thioether (sulfide) groups is 1. The lowest BCUT2D eigenvalue weighted by Gasteiger charge is -2.32. The number of amides is 2. The van der Waals surface area contributed by atoms with Gasteiger partial charge < -0.3 is 15.1 Å². The number of anilines is 1. The maximum atomic E-state index is 12.4. The van der Waals surface area contributed by atoms with E-state index >= 15 is 0 Å². The van der Waals surface area contributed by atoms with Crippen LogP contribution in [0.4, 0.5) is 5.69 Å². The van der Waals surface area contributed by atoms with Crippen LogP contribution in [-0.2, 0) is 9.59 Å². The smallest absolute Gasteiger partial charge is 0.243 e. The van der Waals surface area contributed by atoms with Crippen molar-refractivity contribution in [1.82, 2.24) is 9.80 Å². The molecule has 0 aromatic heterocycles. The van der Waals surface area contributed by atoms with Crippen molar-refractivity contribution in [3.05, 3.63) is 28.8 Å². The molecule has 0 saturated carbocycles. The normalized spacial score (nSPS) is 16.6. The van der Waals surface area contributed by atoms with Crippen LogP contribution in [0.5, 0.6) is 0 Å². The van der Waals surface area contributed by atoms with E-state index < -0.39 is 0 Å². The van der Waals surface area contributed by atoms with Crippen LogP contribution in [0.25, 0.3) is 0 Å². The first kappa shape index (κ1) is 22.7. The number of piperidine rings is 1. The minimum Gasteiger partial charge on any atom is -0.357 e. The second-order valence-electron chi connectivity index (χ2n) is 7.82. The Balaban J connectivity index is 1.81. The molecule has 1 aromatic rings. The summed E-state index contributed by atoms with van der Waals surface area (Å²) in [7, 11) is 1.66. The molecule has 1 saturated heterocycles. The number of likely N-dealkylation sites (N-methyl/N-ethyl adjacent to an activating group) is 1.